The van der Waals surface area contributed by atoms with E-state index in [1.165, 1.54) is 82.6 Å². The summed E-state index contributed by atoms with van der Waals surface area (Å²) < 4.78 is 0. The molecule has 1 atom stereocenters. The van der Waals surface area contributed by atoms with Gasteiger partial charge in [0, 0.05) is 0 Å². The molecule has 1 heteroatoms. The summed E-state index contributed by atoms with van der Waals surface area (Å²) in [6.45, 7) is 4.71. The molecule has 0 saturated carbocycles. The highest BCUT2D eigenvalue weighted by atomic mass is 16.3. The molecule has 23 heavy (non-hydrogen) atoms. The topological polar surface area (TPSA) is 20.2 Å². The Morgan fingerprint density at radius 1 is 0.826 bits per heavy atom. The van der Waals surface area contributed by atoms with Crippen molar-refractivity contribution in [2.24, 2.45) is 5.92 Å². The predicted molar refractivity (Wildman–Crippen MR) is 102 cm³/mol. The van der Waals surface area contributed by atoms with Crippen LogP contribution >= 0.6 is 0 Å². The summed E-state index contributed by atoms with van der Waals surface area (Å²) >= 11 is 0. The van der Waals surface area contributed by atoms with Gasteiger partial charge in [-0.15, -0.1) is 0 Å². The van der Waals surface area contributed by atoms with E-state index in [4.69, 9.17) is 0 Å². The minimum atomic E-state index is 0.395. The zero-order valence-corrected chi connectivity index (χ0v) is 15.5. The van der Waals surface area contributed by atoms with Gasteiger partial charge in [0.15, 0.2) is 0 Å². The standard InChI is InChI=1S/C22H38O/c1-3-4-14-20(2)15-11-9-7-5-6-8-10-12-16-21-17-13-18-22(23)19-21/h13,17-20,23H,3-12,14-16H2,1-2H3. The average molecular weight is 319 g/mol. The lowest BCUT2D eigenvalue weighted by atomic mass is 9.97. The van der Waals surface area contributed by atoms with Crippen LogP contribution in [0.5, 0.6) is 5.75 Å². The smallest absolute Gasteiger partial charge is 0.115 e. The number of aromatic hydroxyl groups is 1. The number of phenols is 1. The molecule has 1 rings (SSSR count). The fourth-order valence-corrected chi connectivity index (χ4v) is 3.29. The van der Waals surface area contributed by atoms with E-state index in [1.54, 1.807) is 6.07 Å². The molecule has 1 aromatic rings. The second-order valence-electron chi connectivity index (χ2n) is 7.28. The highest BCUT2D eigenvalue weighted by Gasteiger charge is 2.01. The van der Waals surface area contributed by atoms with Gasteiger partial charge in [-0.1, -0.05) is 96.6 Å². The maximum Gasteiger partial charge on any atom is 0.115 e. The van der Waals surface area contributed by atoms with Crippen LogP contribution in [0.1, 0.15) is 96.5 Å². The third kappa shape index (κ3) is 11.2. The number of hydrogen-bond acceptors (Lipinski definition) is 1. The molecule has 0 saturated heterocycles. The van der Waals surface area contributed by atoms with Gasteiger partial charge in [0.05, 0.1) is 0 Å². The molecule has 0 amide bonds. The van der Waals surface area contributed by atoms with E-state index in [0.29, 0.717) is 5.75 Å². The monoisotopic (exact) mass is 318 g/mol. The fraction of sp³-hybridized carbons (Fsp3) is 0.727. The largest absolute Gasteiger partial charge is 0.508 e. The van der Waals surface area contributed by atoms with Crippen molar-refractivity contribution in [1.29, 1.82) is 0 Å². The summed E-state index contributed by atoms with van der Waals surface area (Å²) in [5.41, 5.74) is 1.27. The molecule has 1 aromatic carbocycles. The molecule has 1 N–H and O–H groups in total. The van der Waals surface area contributed by atoms with Crippen molar-refractivity contribution < 1.29 is 5.11 Å². The third-order valence-corrected chi connectivity index (χ3v) is 4.87. The molecule has 0 fully saturated rings. The van der Waals surface area contributed by atoms with Crippen LogP contribution in [0.25, 0.3) is 0 Å². The summed E-state index contributed by atoms with van der Waals surface area (Å²) in [6, 6.07) is 7.69. The van der Waals surface area contributed by atoms with Gasteiger partial charge in [-0.2, -0.15) is 0 Å². The normalized spacial score (nSPS) is 12.4. The van der Waals surface area contributed by atoms with Gasteiger partial charge >= 0.3 is 0 Å². The van der Waals surface area contributed by atoms with E-state index in [-0.39, 0.29) is 0 Å². The van der Waals surface area contributed by atoms with Gasteiger partial charge in [-0.25, -0.2) is 0 Å². The number of rotatable bonds is 14. The Hall–Kier alpha value is -0.980. The Labute approximate surface area is 144 Å². The minimum Gasteiger partial charge on any atom is -0.508 e. The number of benzene rings is 1. The summed E-state index contributed by atoms with van der Waals surface area (Å²) in [4.78, 5) is 0. The number of phenolic OH excluding ortho intramolecular Hbond substituents is 1. The number of aryl methyl sites for hydroxylation is 1. The zero-order valence-electron chi connectivity index (χ0n) is 15.5. The summed E-state index contributed by atoms with van der Waals surface area (Å²) in [5, 5.41) is 9.43. The van der Waals surface area contributed by atoms with E-state index in [2.05, 4.69) is 19.9 Å². The predicted octanol–water partition coefficient (Wildman–Crippen LogP) is 7.27. The average Bonchev–Trinajstić information content (AvgIpc) is 2.54. The number of unbranched alkanes of at least 4 members (excludes halogenated alkanes) is 8. The van der Waals surface area contributed by atoms with Crippen LogP contribution in [-0.4, -0.2) is 5.11 Å². The lowest BCUT2D eigenvalue weighted by Gasteiger charge is -2.10. The first-order valence-corrected chi connectivity index (χ1v) is 10.00. The summed E-state index contributed by atoms with van der Waals surface area (Å²) in [7, 11) is 0. The fourth-order valence-electron chi connectivity index (χ4n) is 3.29. The van der Waals surface area contributed by atoms with Crippen LogP contribution in [0.4, 0.5) is 0 Å². The van der Waals surface area contributed by atoms with Gasteiger partial charge in [-0.3, -0.25) is 0 Å². The first-order chi connectivity index (χ1) is 11.2. The molecule has 0 bridgehead atoms. The highest BCUT2D eigenvalue weighted by molar-refractivity contribution is 5.27. The molecule has 1 unspecified atom stereocenters. The van der Waals surface area contributed by atoms with Crippen molar-refractivity contribution in [3.05, 3.63) is 29.8 Å². The van der Waals surface area contributed by atoms with Crippen molar-refractivity contribution in [3.8, 4) is 5.75 Å². The summed E-state index contributed by atoms with van der Waals surface area (Å²) in [5.74, 6) is 1.33. The first-order valence-electron chi connectivity index (χ1n) is 10.00. The van der Waals surface area contributed by atoms with Crippen molar-refractivity contribution in [1.82, 2.24) is 0 Å². The Balaban J connectivity index is 1.85. The van der Waals surface area contributed by atoms with Crippen molar-refractivity contribution >= 4 is 0 Å². The molecule has 132 valence electrons. The van der Waals surface area contributed by atoms with Gasteiger partial charge in [0.2, 0.25) is 0 Å². The van der Waals surface area contributed by atoms with Crippen LogP contribution in [0.2, 0.25) is 0 Å². The van der Waals surface area contributed by atoms with Gasteiger partial charge in [0.25, 0.3) is 0 Å². The first kappa shape index (κ1) is 20.1. The SMILES string of the molecule is CCCCC(C)CCCCCCCCCCc1cccc(O)c1. The molecule has 0 aliphatic heterocycles. The van der Waals surface area contributed by atoms with E-state index in [1.807, 2.05) is 12.1 Å². The molecule has 0 spiro atoms. The maximum atomic E-state index is 9.43. The molecule has 0 aliphatic rings. The Bertz CT molecular complexity index is 385. The number of hydrogen-bond donors (Lipinski definition) is 1. The lowest BCUT2D eigenvalue weighted by Crippen LogP contribution is -1.94. The second-order valence-corrected chi connectivity index (χ2v) is 7.28. The van der Waals surface area contributed by atoms with E-state index < -0.39 is 0 Å². The molecule has 1 nitrogen and oxygen atoms in total. The Morgan fingerprint density at radius 2 is 1.43 bits per heavy atom. The van der Waals surface area contributed by atoms with Crippen LogP contribution in [0.15, 0.2) is 24.3 Å². The van der Waals surface area contributed by atoms with E-state index >= 15 is 0 Å². The van der Waals surface area contributed by atoms with Crippen molar-refractivity contribution in [2.75, 3.05) is 0 Å². The third-order valence-electron chi connectivity index (χ3n) is 4.87. The van der Waals surface area contributed by atoms with Crippen LogP contribution in [0, 0.1) is 5.92 Å². The maximum absolute atomic E-state index is 9.43. The molecule has 0 aliphatic carbocycles. The molecular formula is C22H38O. The van der Waals surface area contributed by atoms with Crippen molar-refractivity contribution in [3.63, 3.8) is 0 Å². The lowest BCUT2D eigenvalue weighted by molar-refractivity contribution is 0.440. The van der Waals surface area contributed by atoms with E-state index in [0.717, 1.165) is 12.3 Å². The van der Waals surface area contributed by atoms with Crippen molar-refractivity contribution in [2.45, 2.75) is 97.3 Å². The quantitative estimate of drug-likeness (QED) is 0.357. The second kappa shape index (κ2) is 13.5. The van der Waals surface area contributed by atoms with Gasteiger partial charge in [-0.05, 0) is 36.5 Å². The Kier molecular flexibility index (Phi) is 11.7. The van der Waals surface area contributed by atoms with E-state index in [9.17, 15) is 5.11 Å². The van der Waals surface area contributed by atoms with Crippen LogP contribution in [-0.2, 0) is 6.42 Å². The van der Waals surface area contributed by atoms with Gasteiger partial charge < -0.3 is 5.11 Å². The van der Waals surface area contributed by atoms with Crippen LogP contribution in [0.3, 0.4) is 0 Å². The molecule has 0 radical (unpaired) electrons. The minimum absolute atomic E-state index is 0.395. The molecular weight excluding hydrogens is 280 g/mol. The highest BCUT2D eigenvalue weighted by Crippen LogP contribution is 2.18. The zero-order chi connectivity index (χ0) is 16.8. The summed E-state index contributed by atoms with van der Waals surface area (Å²) in [6.07, 6.45) is 17.7. The van der Waals surface area contributed by atoms with Crippen LogP contribution < -0.4 is 0 Å². The molecule has 0 heterocycles. The Morgan fingerprint density at radius 3 is 2.09 bits per heavy atom. The molecule has 0 aromatic heterocycles. The van der Waals surface area contributed by atoms with Gasteiger partial charge in [0.1, 0.15) is 5.75 Å².